The summed E-state index contributed by atoms with van der Waals surface area (Å²) in [6.45, 7) is 3.18. The highest BCUT2D eigenvalue weighted by Crippen LogP contribution is 2.40. The van der Waals surface area contributed by atoms with E-state index in [1.54, 1.807) is 0 Å². The summed E-state index contributed by atoms with van der Waals surface area (Å²) in [4.78, 5) is 2.58. The largest absolute Gasteiger partial charge is 0.326 e. The summed E-state index contributed by atoms with van der Waals surface area (Å²) in [7, 11) is 0. The second kappa shape index (κ2) is 4.27. The van der Waals surface area contributed by atoms with Crippen molar-refractivity contribution in [2.75, 3.05) is 6.54 Å². The first-order valence-electron chi connectivity index (χ1n) is 6.44. The summed E-state index contributed by atoms with van der Waals surface area (Å²) in [6.07, 6.45) is 3.78. The molecule has 3 rings (SSSR count). The smallest absolute Gasteiger partial charge is 0.0503 e. The number of hydrogen-bond acceptors (Lipinski definition) is 2. The van der Waals surface area contributed by atoms with Gasteiger partial charge in [0.2, 0.25) is 0 Å². The van der Waals surface area contributed by atoms with Gasteiger partial charge in [0.25, 0.3) is 0 Å². The van der Waals surface area contributed by atoms with Gasteiger partial charge in [-0.2, -0.15) is 0 Å². The van der Waals surface area contributed by atoms with Crippen molar-refractivity contribution >= 4 is 11.6 Å². The molecule has 2 fully saturated rings. The summed E-state index contributed by atoms with van der Waals surface area (Å²) < 4.78 is 0. The standard InChI is InChI=1S/C14H19ClN2/c1-9-2-3-10(8-12(9)15)14-13(16)6-7-17(14)11-4-5-11/h2-3,8,11,13-14H,4-7,16H2,1H3. The quantitative estimate of drug-likeness (QED) is 0.875. The van der Waals surface area contributed by atoms with Crippen molar-refractivity contribution in [1.82, 2.24) is 4.90 Å². The fraction of sp³-hybridized carbons (Fsp3) is 0.571. The van der Waals surface area contributed by atoms with Gasteiger partial charge in [0.1, 0.15) is 0 Å². The van der Waals surface area contributed by atoms with E-state index in [1.165, 1.54) is 18.4 Å². The first kappa shape index (κ1) is 11.5. The molecule has 1 aromatic carbocycles. The molecule has 0 aromatic heterocycles. The van der Waals surface area contributed by atoms with Crippen LogP contribution in [0.4, 0.5) is 0 Å². The zero-order chi connectivity index (χ0) is 12.0. The van der Waals surface area contributed by atoms with Gasteiger partial charge in [-0.1, -0.05) is 23.7 Å². The second-order valence-electron chi connectivity index (χ2n) is 5.37. The summed E-state index contributed by atoms with van der Waals surface area (Å²) in [5.41, 5.74) is 8.70. The monoisotopic (exact) mass is 250 g/mol. The van der Waals surface area contributed by atoms with Crippen LogP contribution >= 0.6 is 11.6 Å². The van der Waals surface area contributed by atoms with Gasteiger partial charge in [-0.15, -0.1) is 0 Å². The van der Waals surface area contributed by atoms with Crippen molar-refractivity contribution < 1.29 is 0 Å². The molecule has 2 N–H and O–H groups in total. The Bertz CT molecular complexity index is 428. The average molecular weight is 251 g/mol. The third kappa shape index (κ3) is 2.10. The highest BCUT2D eigenvalue weighted by molar-refractivity contribution is 6.31. The average Bonchev–Trinajstić information content (AvgIpc) is 3.07. The van der Waals surface area contributed by atoms with Crippen LogP contribution in [0.3, 0.4) is 0 Å². The lowest BCUT2D eigenvalue weighted by Crippen LogP contribution is -2.33. The van der Waals surface area contributed by atoms with Crippen molar-refractivity contribution in [1.29, 1.82) is 0 Å². The van der Waals surface area contributed by atoms with Crippen molar-refractivity contribution in [3.05, 3.63) is 34.3 Å². The number of rotatable bonds is 2. The molecule has 1 saturated heterocycles. The maximum atomic E-state index is 6.27. The number of halogens is 1. The summed E-state index contributed by atoms with van der Waals surface area (Å²) in [5.74, 6) is 0. The van der Waals surface area contributed by atoms with Crippen LogP contribution in [0.15, 0.2) is 18.2 Å². The van der Waals surface area contributed by atoms with Crippen molar-refractivity contribution in [2.45, 2.75) is 44.3 Å². The summed E-state index contributed by atoms with van der Waals surface area (Å²) in [5, 5.41) is 0.859. The molecule has 0 spiro atoms. The lowest BCUT2D eigenvalue weighted by atomic mass is 9.99. The molecule has 3 heteroatoms. The molecule has 2 nitrogen and oxygen atoms in total. The molecular formula is C14H19ClN2. The van der Waals surface area contributed by atoms with Gasteiger partial charge >= 0.3 is 0 Å². The maximum absolute atomic E-state index is 6.27. The zero-order valence-electron chi connectivity index (χ0n) is 10.2. The molecule has 2 aliphatic rings. The molecule has 1 aliphatic carbocycles. The van der Waals surface area contributed by atoms with Gasteiger partial charge in [-0.25, -0.2) is 0 Å². The molecule has 17 heavy (non-hydrogen) atoms. The third-order valence-electron chi connectivity index (χ3n) is 4.04. The fourth-order valence-electron chi connectivity index (χ4n) is 2.89. The van der Waals surface area contributed by atoms with E-state index in [0.717, 1.165) is 29.6 Å². The minimum Gasteiger partial charge on any atom is -0.326 e. The van der Waals surface area contributed by atoms with Crippen LogP contribution in [-0.2, 0) is 0 Å². The van der Waals surface area contributed by atoms with Crippen LogP contribution in [-0.4, -0.2) is 23.5 Å². The summed E-state index contributed by atoms with van der Waals surface area (Å²) in [6, 6.07) is 7.80. The van der Waals surface area contributed by atoms with Gasteiger partial charge < -0.3 is 5.73 Å². The Morgan fingerprint density at radius 2 is 2.06 bits per heavy atom. The molecule has 0 amide bonds. The molecule has 1 saturated carbocycles. The van der Waals surface area contributed by atoms with Crippen LogP contribution in [0.5, 0.6) is 0 Å². The predicted molar refractivity (Wildman–Crippen MR) is 71.3 cm³/mol. The van der Waals surface area contributed by atoms with E-state index >= 15 is 0 Å². The lowest BCUT2D eigenvalue weighted by molar-refractivity contribution is 0.237. The van der Waals surface area contributed by atoms with E-state index in [9.17, 15) is 0 Å². The number of aryl methyl sites for hydroxylation is 1. The van der Waals surface area contributed by atoms with E-state index < -0.39 is 0 Å². The molecule has 1 aromatic rings. The first-order valence-corrected chi connectivity index (χ1v) is 6.82. The van der Waals surface area contributed by atoms with Gasteiger partial charge in [0.05, 0.1) is 6.04 Å². The lowest BCUT2D eigenvalue weighted by Gasteiger charge is -2.27. The van der Waals surface area contributed by atoms with Crippen LogP contribution in [0.1, 0.15) is 36.4 Å². The predicted octanol–water partition coefficient (Wildman–Crippen LogP) is 2.88. The second-order valence-corrected chi connectivity index (χ2v) is 5.78. The number of benzene rings is 1. The third-order valence-corrected chi connectivity index (χ3v) is 4.44. The van der Waals surface area contributed by atoms with Crippen LogP contribution in [0.2, 0.25) is 5.02 Å². The normalized spacial score (nSPS) is 29.8. The molecule has 1 heterocycles. The minimum absolute atomic E-state index is 0.259. The Hall–Kier alpha value is -0.570. The Morgan fingerprint density at radius 3 is 2.71 bits per heavy atom. The SMILES string of the molecule is Cc1ccc(C2C(N)CCN2C2CC2)cc1Cl. The van der Waals surface area contributed by atoms with Crippen molar-refractivity contribution in [3.63, 3.8) is 0 Å². The van der Waals surface area contributed by atoms with Crippen molar-refractivity contribution in [3.8, 4) is 0 Å². The van der Waals surface area contributed by atoms with Gasteiger partial charge in [0.15, 0.2) is 0 Å². The zero-order valence-corrected chi connectivity index (χ0v) is 11.0. The van der Waals surface area contributed by atoms with E-state index in [0.29, 0.717) is 6.04 Å². The molecule has 92 valence electrons. The van der Waals surface area contributed by atoms with E-state index in [4.69, 9.17) is 17.3 Å². The molecule has 0 radical (unpaired) electrons. The molecule has 2 unspecified atom stereocenters. The fourth-order valence-corrected chi connectivity index (χ4v) is 3.08. The highest BCUT2D eigenvalue weighted by atomic mass is 35.5. The highest BCUT2D eigenvalue weighted by Gasteiger charge is 2.41. The number of nitrogens with zero attached hydrogens (tertiary/aromatic N) is 1. The molecule has 2 atom stereocenters. The number of nitrogens with two attached hydrogens (primary N) is 1. The maximum Gasteiger partial charge on any atom is 0.0503 e. The first-order chi connectivity index (χ1) is 8.16. The Labute approximate surface area is 108 Å². The molecule has 1 aliphatic heterocycles. The van der Waals surface area contributed by atoms with Crippen molar-refractivity contribution in [2.24, 2.45) is 5.73 Å². The summed E-state index contributed by atoms with van der Waals surface area (Å²) >= 11 is 6.22. The van der Waals surface area contributed by atoms with Crippen LogP contribution < -0.4 is 5.73 Å². The van der Waals surface area contributed by atoms with E-state index in [2.05, 4.69) is 23.1 Å². The van der Waals surface area contributed by atoms with Gasteiger partial charge in [-0.3, -0.25) is 4.90 Å². The van der Waals surface area contributed by atoms with Gasteiger partial charge in [0, 0.05) is 23.7 Å². The topological polar surface area (TPSA) is 29.3 Å². The van der Waals surface area contributed by atoms with E-state index in [-0.39, 0.29) is 6.04 Å². The van der Waals surface area contributed by atoms with Crippen LogP contribution in [0, 0.1) is 6.92 Å². The Balaban J connectivity index is 1.91. The Kier molecular flexibility index (Phi) is 2.89. The number of hydrogen-bond donors (Lipinski definition) is 1. The minimum atomic E-state index is 0.259. The van der Waals surface area contributed by atoms with Gasteiger partial charge in [-0.05, 0) is 43.4 Å². The van der Waals surface area contributed by atoms with E-state index in [1.807, 2.05) is 6.92 Å². The Morgan fingerprint density at radius 1 is 1.29 bits per heavy atom. The van der Waals surface area contributed by atoms with Crippen LogP contribution in [0.25, 0.3) is 0 Å². The number of likely N-dealkylation sites (tertiary alicyclic amines) is 1. The molecule has 0 bridgehead atoms. The molecular weight excluding hydrogens is 232 g/mol.